The van der Waals surface area contributed by atoms with Gasteiger partial charge in [-0.05, 0) is 50.6 Å². The maximum Gasteiger partial charge on any atom is 0.181 e. The molecule has 0 saturated heterocycles. The Balaban J connectivity index is 2.33. The van der Waals surface area contributed by atoms with Crippen LogP contribution >= 0.6 is 0 Å². The number of likely N-dealkylation sites (N-methyl/N-ethyl adjacent to an activating group) is 1. The molecule has 1 heterocycles. The van der Waals surface area contributed by atoms with E-state index in [-0.39, 0.29) is 5.25 Å². The number of rotatable bonds is 3. The molecule has 16 heavy (non-hydrogen) atoms. The van der Waals surface area contributed by atoms with Crippen LogP contribution in [0, 0.1) is 0 Å². The first-order valence-corrected chi connectivity index (χ1v) is 7.10. The molecule has 1 atom stereocenters. The highest BCUT2D eigenvalue weighted by Gasteiger charge is 2.33. The van der Waals surface area contributed by atoms with Crippen LogP contribution in [0.2, 0.25) is 0 Å². The standard InChI is InChI=1S/C12H17NO2S/c1-9-7-11-8-10(5-6-13-2)3-4-12(11)16(9,14)15/h3-4,8-9,13H,5-7H2,1-2H3. The van der Waals surface area contributed by atoms with Crippen LogP contribution < -0.4 is 5.32 Å². The average Bonchev–Trinajstić information content (AvgIpc) is 2.47. The first-order chi connectivity index (χ1) is 7.55. The number of fused-ring (bicyclic) bond motifs is 1. The summed E-state index contributed by atoms with van der Waals surface area (Å²) in [4.78, 5) is 0.535. The maximum atomic E-state index is 11.9. The number of hydrogen-bond acceptors (Lipinski definition) is 3. The minimum absolute atomic E-state index is 0.262. The third kappa shape index (κ3) is 1.87. The Labute approximate surface area is 96.8 Å². The van der Waals surface area contributed by atoms with Gasteiger partial charge < -0.3 is 5.32 Å². The molecule has 0 aromatic heterocycles. The van der Waals surface area contributed by atoms with Crippen molar-refractivity contribution < 1.29 is 8.42 Å². The molecule has 0 aliphatic carbocycles. The van der Waals surface area contributed by atoms with E-state index in [9.17, 15) is 8.42 Å². The van der Waals surface area contributed by atoms with Crippen LogP contribution in [0.15, 0.2) is 23.1 Å². The van der Waals surface area contributed by atoms with Crippen LogP contribution in [0.3, 0.4) is 0 Å². The minimum atomic E-state index is -3.04. The highest BCUT2D eigenvalue weighted by Crippen LogP contribution is 2.31. The van der Waals surface area contributed by atoms with E-state index in [1.807, 2.05) is 19.2 Å². The topological polar surface area (TPSA) is 46.2 Å². The summed E-state index contributed by atoms with van der Waals surface area (Å²) < 4.78 is 23.8. The highest BCUT2D eigenvalue weighted by molar-refractivity contribution is 7.92. The predicted octanol–water partition coefficient (Wildman–Crippen LogP) is 1.17. The molecular weight excluding hydrogens is 222 g/mol. The van der Waals surface area contributed by atoms with Crippen LogP contribution in [0.25, 0.3) is 0 Å². The fraction of sp³-hybridized carbons (Fsp3) is 0.500. The molecule has 2 rings (SSSR count). The molecule has 1 unspecified atom stereocenters. The van der Waals surface area contributed by atoms with Crippen molar-refractivity contribution in [1.82, 2.24) is 5.32 Å². The molecule has 0 saturated carbocycles. The Bertz CT molecular complexity index is 494. The lowest BCUT2D eigenvalue weighted by atomic mass is 10.1. The lowest BCUT2D eigenvalue weighted by Crippen LogP contribution is -2.11. The fourth-order valence-electron chi connectivity index (χ4n) is 2.13. The molecule has 3 nitrogen and oxygen atoms in total. The zero-order valence-corrected chi connectivity index (χ0v) is 10.5. The molecule has 0 amide bonds. The summed E-state index contributed by atoms with van der Waals surface area (Å²) in [6.45, 7) is 2.70. The molecule has 0 bridgehead atoms. The van der Waals surface area contributed by atoms with E-state index in [1.54, 1.807) is 13.0 Å². The number of hydrogen-bond donors (Lipinski definition) is 1. The van der Waals surface area contributed by atoms with Gasteiger partial charge in [-0.15, -0.1) is 0 Å². The van der Waals surface area contributed by atoms with Crippen molar-refractivity contribution in [2.45, 2.75) is 29.9 Å². The van der Waals surface area contributed by atoms with Crippen LogP contribution in [-0.2, 0) is 22.7 Å². The van der Waals surface area contributed by atoms with E-state index >= 15 is 0 Å². The second-order valence-electron chi connectivity index (χ2n) is 4.36. The van der Waals surface area contributed by atoms with Gasteiger partial charge in [0.2, 0.25) is 0 Å². The number of nitrogens with one attached hydrogen (secondary N) is 1. The maximum absolute atomic E-state index is 11.9. The molecule has 88 valence electrons. The van der Waals surface area contributed by atoms with E-state index in [1.165, 1.54) is 5.56 Å². The van der Waals surface area contributed by atoms with Gasteiger partial charge in [0, 0.05) is 0 Å². The van der Waals surface area contributed by atoms with Crippen LogP contribution in [0.4, 0.5) is 0 Å². The van der Waals surface area contributed by atoms with Gasteiger partial charge in [-0.2, -0.15) is 0 Å². The molecule has 0 spiro atoms. The van der Waals surface area contributed by atoms with E-state index < -0.39 is 9.84 Å². The Morgan fingerprint density at radius 1 is 1.44 bits per heavy atom. The van der Waals surface area contributed by atoms with Crippen LogP contribution in [0.5, 0.6) is 0 Å². The quantitative estimate of drug-likeness (QED) is 0.861. The van der Waals surface area contributed by atoms with Crippen molar-refractivity contribution in [3.8, 4) is 0 Å². The van der Waals surface area contributed by atoms with Crippen molar-refractivity contribution in [2.75, 3.05) is 13.6 Å². The van der Waals surface area contributed by atoms with Gasteiger partial charge in [0.1, 0.15) is 0 Å². The summed E-state index contributed by atoms with van der Waals surface area (Å²) in [6, 6.07) is 5.72. The highest BCUT2D eigenvalue weighted by atomic mass is 32.2. The monoisotopic (exact) mass is 239 g/mol. The van der Waals surface area contributed by atoms with Gasteiger partial charge in [0.25, 0.3) is 0 Å². The van der Waals surface area contributed by atoms with Crippen molar-refractivity contribution in [3.05, 3.63) is 29.3 Å². The second kappa shape index (κ2) is 4.18. The van der Waals surface area contributed by atoms with Crippen molar-refractivity contribution in [1.29, 1.82) is 0 Å². The average molecular weight is 239 g/mol. The van der Waals surface area contributed by atoms with Gasteiger partial charge in [0.05, 0.1) is 10.1 Å². The predicted molar refractivity (Wildman–Crippen MR) is 64.4 cm³/mol. The SMILES string of the molecule is CNCCc1ccc2c(c1)CC(C)S2(=O)=O. The van der Waals surface area contributed by atoms with Gasteiger partial charge in [-0.25, -0.2) is 8.42 Å². The third-order valence-corrected chi connectivity index (χ3v) is 5.37. The number of sulfone groups is 1. The summed E-state index contributed by atoms with van der Waals surface area (Å²) >= 11 is 0. The van der Waals surface area contributed by atoms with Gasteiger partial charge in [0.15, 0.2) is 9.84 Å². The third-order valence-electron chi connectivity index (χ3n) is 3.13. The smallest absolute Gasteiger partial charge is 0.181 e. The largest absolute Gasteiger partial charge is 0.319 e. The van der Waals surface area contributed by atoms with Crippen molar-refractivity contribution in [2.24, 2.45) is 0 Å². The fourth-order valence-corrected chi connectivity index (χ4v) is 3.73. The Hall–Kier alpha value is -0.870. The molecule has 4 heteroatoms. The van der Waals surface area contributed by atoms with Crippen LogP contribution in [-0.4, -0.2) is 27.3 Å². The van der Waals surface area contributed by atoms with Gasteiger partial charge >= 0.3 is 0 Å². The molecular formula is C12H17NO2S. The Morgan fingerprint density at radius 3 is 2.88 bits per heavy atom. The van der Waals surface area contributed by atoms with Gasteiger partial charge in [-0.1, -0.05) is 12.1 Å². The summed E-state index contributed by atoms with van der Waals surface area (Å²) in [5, 5.41) is 2.83. The summed E-state index contributed by atoms with van der Waals surface area (Å²) in [5.74, 6) is 0. The van der Waals surface area contributed by atoms with Crippen LogP contribution in [0.1, 0.15) is 18.1 Å². The molecule has 1 N–H and O–H groups in total. The van der Waals surface area contributed by atoms with E-state index in [0.29, 0.717) is 11.3 Å². The lowest BCUT2D eigenvalue weighted by molar-refractivity contribution is 0.590. The zero-order valence-electron chi connectivity index (χ0n) is 9.66. The van der Waals surface area contributed by atoms with Crippen molar-refractivity contribution in [3.63, 3.8) is 0 Å². The second-order valence-corrected chi connectivity index (χ2v) is 6.69. The van der Waals surface area contributed by atoms with Gasteiger partial charge in [-0.3, -0.25) is 0 Å². The first kappa shape index (κ1) is 11.6. The van der Waals surface area contributed by atoms with E-state index in [0.717, 1.165) is 18.5 Å². The van der Waals surface area contributed by atoms with Crippen molar-refractivity contribution >= 4 is 9.84 Å². The summed E-state index contributed by atoms with van der Waals surface area (Å²) in [5.41, 5.74) is 2.19. The zero-order chi connectivity index (χ0) is 11.8. The van der Waals surface area contributed by atoms with E-state index in [2.05, 4.69) is 5.32 Å². The molecule has 1 aliphatic rings. The number of benzene rings is 1. The molecule has 0 fully saturated rings. The summed E-state index contributed by atoms with van der Waals surface area (Å²) in [7, 11) is -1.12. The van der Waals surface area contributed by atoms with E-state index in [4.69, 9.17) is 0 Å². The normalized spacial score (nSPS) is 22.0. The molecule has 1 aromatic rings. The minimum Gasteiger partial charge on any atom is -0.319 e. The molecule has 1 aromatic carbocycles. The lowest BCUT2D eigenvalue weighted by Gasteiger charge is -2.03. The Kier molecular flexibility index (Phi) is 3.04. The summed E-state index contributed by atoms with van der Waals surface area (Å²) in [6.07, 6.45) is 1.60. The Morgan fingerprint density at radius 2 is 2.19 bits per heavy atom. The first-order valence-electron chi connectivity index (χ1n) is 5.56. The molecule has 1 aliphatic heterocycles. The molecule has 0 radical (unpaired) electrons.